The molecule has 7 aromatic rings. The van der Waals surface area contributed by atoms with Gasteiger partial charge < -0.3 is 122 Å². The number of rotatable bonds is 4. The third-order valence-electron chi connectivity index (χ3n) is 19.5. The summed E-state index contributed by atoms with van der Waals surface area (Å²) in [5, 5.41) is 2.59. The van der Waals surface area contributed by atoms with Crippen molar-refractivity contribution in [3.63, 3.8) is 0 Å². The van der Waals surface area contributed by atoms with Crippen LogP contribution in [0.25, 0.3) is 89.7 Å². The second kappa shape index (κ2) is 45.9. The average molecular weight is 1830 g/mol. The van der Waals surface area contributed by atoms with E-state index in [-0.39, 0.29) is 52.9 Å². The van der Waals surface area contributed by atoms with Gasteiger partial charge in [-0.1, -0.05) is 0 Å². The summed E-state index contributed by atoms with van der Waals surface area (Å²) in [7, 11) is 2.96. The van der Waals surface area contributed by atoms with Gasteiger partial charge in [0.15, 0.2) is 69.3 Å². The molecular formula is C76H110N12O32S4. The number of aromatic amines is 2. The van der Waals surface area contributed by atoms with Crippen LogP contribution in [0, 0.1) is 0 Å². The van der Waals surface area contributed by atoms with E-state index in [1.165, 1.54) is 0 Å². The molecule has 44 nitrogen and oxygen atoms in total. The lowest BCUT2D eigenvalue weighted by Gasteiger charge is -2.29. The normalized spacial score (nSPS) is 18.8. The van der Waals surface area contributed by atoms with Gasteiger partial charge in [-0.25, -0.2) is 63.6 Å². The van der Waals surface area contributed by atoms with E-state index in [2.05, 4.69) is 83.1 Å². The highest BCUT2D eigenvalue weighted by Crippen LogP contribution is 2.46. The highest BCUT2D eigenvalue weighted by molar-refractivity contribution is 7.81. The molecular weight excluding hydrogens is 1720 g/mol. The van der Waals surface area contributed by atoms with E-state index < -0.39 is 41.6 Å². The molecule has 0 atom stereocenters. The monoisotopic (exact) mass is 1830 g/mol. The SMILES string of the molecule is COS(=O)(=O)[O-].COS(=O)(=O)[O-].COS(=O)(=O)[O-].COS(=O)(=O)[O-].C[N+]1(C)CCOCCOc2cc3c(cc2OCCOCC1)-c1nc-3nc2[nH]c(nc3nc(nc4[nH]c(n1)c1cc5c(cc41)OCCOCC[N+](C)(C)CCOCCO5)-c1cc4c(cc1-3)OCCOCC[N+](C)(C)CCOCCO4)c1cc3c(cc21)OCCOCC[N+](C)(C)CCOCCO3. The van der Waals surface area contributed by atoms with Gasteiger partial charge in [0.1, 0.15) is 128 Å². The fourth-order valence-electron chi connectivity index (χ4n) is 12.2. The van der Waals surface area contributed by atoms with Crippen molar-refractivity contribution in [3.05, 3.63) is 48.5 Å². The highest BCUT2D eigenvalue weighted by Gasteiger charge is 2.30. The van der Waals surface area contributed by atoms with Crippen molar-refractivity contribution in [2.45, 2.75) is 0 Å². The van der Waals surface area contributed by atoms with Gasteiger partial charge in [-0.15, -0.1) is 0 Å². The van der Waals surface area contributed by atoms with Gasteiger partial charge in [-0.2, -0.15) is 0 Å². The van der Waals surface area contributed by atoms with Gasteiger partial charge >= 0.3 is 0 Å². The molecule has 0 spiro atoms. The smallest absolute Gasteiger partial charge is 0.217 e. The molecule has 3 aromatic heterocycles. The number of benzene rings is 4. The van der Waals surface area contributed by atoms with Gasteiger partial charge in [0, 0.05) is 43.8 Å². The molecule has 4 aromatic carbocycles. The molecule has 0 aliphatic carbocycles. The van der Waals surface area contributed by atoms with Crippen molar-refractivity contribution in [3.8, 4) is 91.5 Å². The predicted molar refractivity (Wildman–Crippen MR) is 441 cm³/mol. The van der Waals surface area contributed by atoms with E-state index in [1.807, 2.05) is 48.5 Å². The van der Waals surface area contributed by atoms with Crippen LogP contribution in [0.1, 0.15) is 0 Å². The standard InChI is InChI=1S/C72H98N12O16.4CH4O4S/c1-81(2)9-17-85-25-33-93-57-41-49-50(42-58(57)94-34-26-86-18-10-81)66-73-65(49)77-67-51-43-59-61(97-37-29-89-21-13-82(3,4)11-19-87-27-35-95-59)45-53(51)69(74-67)79-71-55-47-63-64(100-40-32-92-24-16-84(7,8)15-23-91-31-39-99-63)48-56(55)72(76-71)80-70-54-46-62-60(44-52(54)68(75-70)78-66)96-36-28-88-20-12-83(5,6)14-22-90-30-38-98-62;4*1-5-6(2,3)4/h41-48H,9-40H2,1-8H3,(H2,73,74,75,76,77,78,79,80);4*1H3,(H,2,3,4)/q+4;;;;/p-4. The molecule has 8 bridgehead atoms. The molecule has 48 heteroatoms. The van der Waals surface area contributed by atoms with E-state index >= 15 is 0 Å². The Morgan fingerprint density at radius 2 is 0.395 bits per heavy atom. The average Bonchev–Trinajstić information content (AvgIpc) is 1.59. The molecule has 0 unspecified atom stereocenters. The molecule has 13 rings (SSSR count). The maximum Gasteiger partial charge on any atom is 0.217 e. The van der Waals surface area contributed by atoms with Crippen molar-refractivity contribution in [2.75, 3.05) is 296 Å². The Bertz CT molecular complexity index is 4720. The summed E-state index contributed by atoms with van der Waals surface area (Å²) < 4.78 is 229. The topological polar surface area (TPSA) is 522 Å². The van der Waals surface area contributed by atoms with Crippen LogP contribution in [0.3, 0.4) is 0 Å². The van der Waals surface area contributed by atoms with E-state index in [0.29, 0.717) is 241 Å². The minimum Gasteiger partial charge on any atom is -0.726 e. The largest absolute Gasteiger partial charge is 0.726 e. The first kappa shape index (κ1) is 99.4. The number of nitrogens with zero attached hydrogens (tertiary/aromatic N) is 10. The summed E-state index contributed by atoms with van der Waals surface area (Å²) in [6, 6.07) is 15.3. The number of hydrogen-bond acceptors (Lipinski definition) is 38. The molecule has 0 amide bonds. The third-order valence-corrected chi connectivity index (χ3v) is 21.1. The number of quaternary nitrogens is 4. The first-order valence-corrected chi connectivity index (χ1v) is 44.6. The zero-order valence-corrected chi connectivity index (χ0v) is 74.7. The molecule has 0 saturated heterocycles. The Hall–Kier alpha value is -8.36. The van der Waals surface area contributed by atoms with Crippen molar-refractivity contribution in [1.82, 2.24) is 39.9 Å². The van der Waals surface area contributed by atoms with E-state index in [4.69, 9.17) is 106 Å². The maximum atomic E-state index is 9.22. The number of aromatic nitrogens is 8. The minimum atomic E-state index is -4.41. The lowest BCUT2D eigenvalue weighted by atomic mass is 10.1. The highest BCUT2D eigenvalue weighted by atomic mass is 32.3. The van der Waals surface area contributed by atoms with Crippen LogP contribution in [0.2, 0.25) is 0 Å². The molecule has 9 heterocycles. The van der Waals surface area contributed by atoms with Crippen LogP contribution in [0.4, 0.5) is 0 Å². The van der Waals surface area contributed by atoms with Crippen LogP contribution < -0.4 is 37.9 Å². The Kier molecular flexibility index (Phi) is 36.8. The number of nitrogens with one attached hydrogen (secondary N) is 2. The number of ether oxygens (including phenoxy) is 16. The molecule has 2 N–H and O–H groups in total. The fourth-order valence-corrected chi connectivity index (χ4v) is 12.2. The zero-order valence-electron chi connectivity index (χ0n) is 71.4. The lowest BCUT2D eigenvalue weighted by molar-refractivity contribution is -0.891. The van der Waals surface area contributed by atoms with Crippen LogP contribution in [0.15, 0.2) is 48.5 Å². The number of fused-ring (bicyclic) bond motifs is 24. The summed E-state index contributed by atoms with van der Waals surface area (Å²) in [6.45, 7) is 15.8. The molecule has 124 heavy (non-hydrogen) atoms. The number of likely N-dealkylation sites (N-methyl/N-ethyl adjacent to an activating group) is 4. The van der Waals surface area contributed by atoms with Crippen LogP contribution >= 0.6 is 0 Å². The molecule has 690 valence electrons. The van der Waals surface area contributed by atoms with Gasteiger partial charge in [0.05, 0.1) is 191 Å². The third kappa shape index (κ3) is 32.2. The molecule has 0 fully saturated rings. The van der Waals surface area contributed by atoms with E-state index in [1.54, 1.807) is 0 Å². The molecule has 0 radical (unpaired) electrons. The van der Waals surface area contributed by atoms with Gasteiger partial charge in [-0.3, -0.25) is 16.7 Å². The summed E-state index contributed by atoms with van der Waals surface area (Å²) in [5.41, 5.74) is 4.10. The summed E-state index contributed by atoms with van der Waals surface area (Å²) in [5.74, 6) is 5.02. The molecule has 0 saturated carbocycles. The van der Waals surface area contributed by atoms with Gasteiger partial charge in [0.25, 0.3) is 0 Å². The fraction of sp³-hybridized carbons (Fsp3) is 0.579. The van der Waals surface area contributed by atoms with Crippen molar-refractivity contribution < 1.29 is 162 Å². The van der Waals surface area contributed by atoms with Crippen molar-refractivity contribution in [2.24, 2.45) is 0 Å². The Morgan fingerprint density at radius 3 is 0.540 bits per heavy atom. The summed E-state index contributed by atoms with van der Waals surface area (Å²) in [6.07, 6.45) is 0. The van der Waals surface area contributed by atoms with Crippen molar-refractivity contribution >= 4 is 85.7 Å². The van der Waals surface area contributed by atoms with E-state index in [9.17, 15) is 51.9 Å². The first-order chi connectivity index (χ1) is 58.7. The quantitative estimate of drug-likeness (QED) is 0.145. The van der Waals surface area contributed by atoms with Crippen LogP contribution in [-0.4, -0.2) is 405 Å². The summed E-state index contributed by atoms with van der Waals surface area (Å²) in [4.78, 5) is 39.8. The second-order valence-electron chi connectivity index (χ2n) is 30.5. The Morgan fingerprint density at radius 1 is 0.250 bits per heavy atom. The first-order valence-electron chi connectivity index (χ1n) is 39.3. The van der Waals surface area contributed by atoms with Crippen LogP contribution in [0.5, 0.6) is 46.0 Å². The lowest BCUT2D eigenvalue weighted by Crippen LogP contribution is -2.44. The Balaban J connectivity index is 0.000000638. The molecule has 6 aliphatic heterocycles. The second-order valence-corrected chi connectivity index (χ2v) is 35.1. The maximum absolute atomic E-state index is 9.22. The minimum absolute atomic E-state index is 0.250. The van der Waals surface area contributed by atoms with Crippen LogP contribution in [-0.2, 0) is 96.2 Å². The summed E-state index contributed by atoms with van der Waals surface area (Å²) >= 11 is 0. The Labute approximate surface area is 720 Å². The van der Waals surface area contributed by atoms with Gasteiger partial charge in [0.2, 0.25) is 41.6 Å². The number of H-pyrrole nitrogens is 2. The molecule has 6 aliphatic rings. The van der Waals surface area contributed by atoms with Gasteiger partial charge in [-0.05, 0) is 48.5 Å². The van der Waals surface area contributed by atoms with E-state index in [0.717, 1.165) is 98.7 Å². The van der Waals surface area contributed by atoms with Crippen molar-refractivity contribution in [1.29, 1.82) is 0 Å². The number of hydrogen-bond donors (Lipinski definition) is 2. The predicted octanol–water partition coefficient (Wildman–Crippen LogP) is 2.76. The zero-order chi connectivity index (χ0) is 89.9.